The summed E-state index contributed by atoms with van der Waals surface area (Å²) < 4.78 is 0. The fraction of sp³-hybridized carbons (Fsp3) is 0.533. The molecule has 2 N–H and O–H groups in total. The summed E-state index contributed by atoms with van der Waals surface area (Å²) in [5.74, 6) is 0.136. The van der Waals surface area contributed by atoms with Gasteiger partial charge in [0.25, 0.3) is 5.91 Å². The number of hydrogen-bond acceptors (Lipinski definition) is 2. The van der Waals surface area contributed by atoms with Crippen molar-refractivity contribution in [2.45, 2.75) is 52.1 Å². The number of amides is 1. The Bertz CT molecular complexity index is 456. The third-order valence-electron chi connectivity index (χ3n) is 4.10. The van der Waals surface area contributed by atoms with Crippen molar-refractivity contribution in [1.29, 1.82) is 0 Å². The molecule has 98 valence electrons. The normalized spacial score (nSPS) is 23.4. The third-order valence-corrected chi connectivity index (χ3v) is 4.10. The Balaban J connectivity index is 2.33. The lowest BCUT2D eigenvalue weighted by atomic mass is 10.0. The molecular weight excluding hydrogens is 224 g/mol. The molecule has 0 radical (unpaired) electrons. The summed E-state index contributed by atoms with van der Waals surface area (Å²) in [6.07, 6.45) is 3.24. The van der Waals surface area contributed by atoms with E-state index in [9.17, 15) is 4.79 Å². The zero-order chi connectivity index (χ0) is 13.3. The molecule has 2 atom stereocenters. The first-order chi connectivity index (χ1) is 8.56. The fourth-order valence-corrected chi connectivity index (χ4v) is 2.86. The third kappa shape index (κ3) is 2.09. The molecule has 1 fully saturated rings. The van der Waals surface area contributed by atoms with Crippen LogP contribution in [-0.4, -0.2) is 22.9 Å². The summed E-state index contributed by atoms with van der Waals surface area (Å²) in [6.45, 7) is 6.20. The van der Waals surface area contributed by atoms with E-state index < -0.39 is 0 Å². The van der Waals surface area contributed by atoms with Gasteiger partial charge in [0.1, 0.15) is 0 Å². The van der Waals surface area contributed by atoms with Crippen molar-refractivity contribution in [3.05, 3.63) is 29.3 Å². The molecule has 18 heavy (non-hydrogen) atoms. The number of rotatable bonds is 2. The Hall–Kier alpha value is -1.51. The first kappa shape index (κ1) is 12.9. The maximum Gasteiger partial charge on any atom is 0.254 e. The molecule has 2 unspecified atom stereocenters. The first-order valence-electron chi connectivity index (χ1n) is 6.74. The zero-order valence-corrected chi connectivity index (χ0v) is 11.4. The summed E-state index contributed by atoms with van der Waals surface area (Å²) in [5.41, 5.74) is 8.23. The second-order valence-electron chi connectivity index (χ2n) is 5.22. The van der Waals surface area contributed by atoms with Crippen LogP contribution < -0.4 is 5.73 Å². The molecule has 1 heterocycles. The van der Waals surface area contributed by atoms with Crippen molar-refractivity contribution in [2.24, 2.45) is 0 Å². The van der Waals surface area contributed by atoms with E-state index in [-0.39, 0.29) is 5.91 Å². The van der Waals surface area contributed by atoms with Gasteiger partial charge in [0.15, 0.2) is 0 Å². The standard InChI is InChI=1S/C15H22N2O/c1-4-12-9-8-10(2)17(12)15(18)13-6-5-7-14(16)11(13)3/h5-7,10,12H,4,8-9,16H2,1-3H3. The average Bonchev–Trinajstić information content (AvgIpc) is 2.73. The van der Waals surface area contributed by atoms with Crippen LogP contribution in [0.4, 0.5) is 5.69 Å². The number of hydrogen-bond donors (Lipinski definition) is 1. The number of carbonyl (C=O) groups excluding carboxylic acids is 1. The largest absolute Gasteiger partial charge is 0.398 e. The molecule has 0 bridgehead atoms. The molecule has 0 aliphatic carbocycles. The van der Waals surface area contributed by atoms with Gasteiger partial charge in [-0.1, -0.05) is 13.0 Å². The summed E-state index contributed by atoms with van der Waals surface area (Å²) in [6, 6.07) is 6.30. The minimum atomic E-state index is 0.136. The van der Waals surface area contributed by atoms with E-state index in [1.54, 1.807) is 0 Å². The Labute approximate surface area is 109 Å². The maximum absolute atomic E-state index is 12.7. The predicted molar refractivity (Wildman–Crippen MR) is 74.5 cm³/mol. The highest BCUT2D eigenvalue weighted by Gasteiger charge is 2.34. The fourth-order valence-electron chi connectivity index (χ4n) is 2.86. The van der Waals surface area contributed by atoms with Gasteiger partial charge in [0, 0.05) is 23.3 Å². The number of anilines is 1. The van der Waals surface area contributed by atoms with Crippen molar-refractivity contribution in [2.75, 3.05) is 5.73 Å². The molecule has 2 rings (SSSR count). The monoisotopic (exact) mass is 246 g/mol. The van der Waals surface area contributed by atoms with Crippen molar-refractivity contribution in [3.8, 4) is 0 Å². The second-order valence-corrected chi connectivity index (χ2v) is 5.22. The molecule has 0 aromatic heterocycles. The Morgan fingerprint density at radius 3 is 2.83 bits per heavy atom. The average molecular weight is 246 g/mol. The van der Waals surface area contributed by atoms with Crippen molar-refractivity contribution >= 4 is 11.6 Å². The van der Waals surface area contributed by atoms with Crippen LogP contribution in [0.5, 0.6) is 0 Å². The Kier molecular flexibility index (Phi) is 3.60. The second kappa shape index (κ2) is 5.01. The van der Waals surface area contributed by atoms with Crippen LogP contribution >= 0.6 is 0 Å². The van der Waals surface area contributed by atoms with Crippen LogP contribution in [0, 0.1) is 6.92 Å². The van der Waals surface area contributed by atoms with Gasteiger partial charge in [-0.25, -0.2) is 0 Å². The van der Waals surface area contributed by atoms with Crippen LogP contribution in [-0.2, 0) is 0 Å². The van der Waals surface area contributed by atoms with Crippen molar-refractivity contribution < 1.29 is 4.79 Å². The van der Waals surface area contributed by atoms with Crippen LogP contribution in [0.2, 0.25) is 0 Å². The van der Waals surface area contributed by atoms with Gasteiger partial charge in [-0.2, -0.15) is 0 Å². The minimum Gasteiger partial charge on any atom is -0.398 e. The topological polar surface area (TPSA) is 46.3 Å². The predicted octanol–water partition coefficient (Wildman–Crippen LogP) is 2.98. The number of likely N-dealkylation sites (tertiary alicyclic amines) is 1. The van der Waals surface area contributed by atoms with Crippen molar-refractivity contribution in [3.63, 3.8) is 0 Å². The van der Waals surface area contributed by atoms with Gasteiger partial charge < -0.3 is 10.6 Å². The number of carbonyl (C=O) groups is 1. The van der Waals surface area contributed by atoms with E-state index in [1.165, 1.54) is 0 Å². The Morgan fingerprint density at radius 1 is 1.44 bits per heavy atom. The Morgan fingerprint density at radius 2 is 2.17 bits per heavy atom. The van der Waals surface area contributed by atoms with Crippen LogP contribution in [0.1, 0.15) is 49.0 Å². The molecule has 1 aliphatic rings. The van der Waals surface area contributed by atoms with Crippen LogP contribution in [0.15, 0.2) is 18.2 Å². The van der Waals surface area contributed by atoms with Crippen molar-refractivity contribution in [1.82, 2.24) is 4.90 Å². The summed E-state index contributed by atoms with van der Waals surface area (Å²) in [5, 5.41) is 0. The lowest BCUT2D eigenvalue weighted by Gasteiger charge is -2.28. The van der Waals surface area contributed by atoms with Gasteiger partial charge in [-0.05, 0) is 50.8 Å². The van der Waals surface area contributed by atoms with E-state index >= 15 is 0 Å². The molecule has 0 saturated carbocycles. The van der Waals surface area contributed by atoms with Gasteiger partial charge in [0.05, 0.1) is 0 Å². The first-order valence-corrected chi connectivity index (χ1v) is 6.74. The molecule has 1 aromatic carbocycles. The van der Waals surface area contributed by atoms with Gasteiger partial charge in [0.2, 0.25) is 0 Å². The number of benzene rings is 1. The lowest BCUT2D eigenvalue weighted by Crippen LogP contribution is -2.40. The summed E-state index contributed by atoms with van der Waals surface area (Å²) in [7, 11) is 0. The van der Waals surface area contributed by atoms with E-state index in [2.05, 4.69) is 13.8 Å². The van der Waals surface area contributed by atoms with Crippen LogP contribution in [0.25, 0.3) is 0 Å². The molecule has 1 aromatic rings. The van der Waals surface area contributed by atoms with Gasteiger partial charge in [-0.3, -0.25) is 4.79 Å². The SMILES string of the molecule is CCC1CCC(C)N1C(=O)c1cccc(N)c1C. The molecule has 1 saturated heterocycles. The molecular formula is C15H22N2O. The highest BCUT2D eigenvalue weighted by Crippen LogP contribution is 2.29. The maximum atomic E-state index is 12.7. The zero-order valence-electron chi connectivity index (χ0n) is 11.4. The molecule has 1 aliphatic heterocycles. The number of nitrogens with zero attached hydrogens (tertiary/aromatic N) is 1. The van der Waals surface area contributed by atoms with E-state index in [1.807, 2.05) is 30.0 Å². The molecule has 0 spiro atoms. The van der Waals surface area contributed by atoms with E-state index in [4.69, 9.17) is 5.73 Å². The van der Waals surface area contributed by atoms with E-state index in [0.29, 0.717) is 17.8 Å². The lowest BCUT2D eigenvalue weighted by molar-refractivity contribution is 0.0675. The van der Waals surface area contributed by atoms with E-state index in [0.717, 1.165) is 30.4 Å². The summed E-state index contributed by atoms with van der Waals surface area (Å²) >= 11 is 0. The van der Waals surface area contributed by atoms with Gasteiger partial charge >= 0.3 is 0 Å². The molecule has 3 nitrogen and oxygen atoms in total. The number of nitrogen functional groups attached to an aromatic ring is 1. The smallest absolute Gasteiger partial charge is 0.254 e. The minimum absolute atomic E-state index is 0.136. The highest BCUT2D eigenvalue weighted by atomic mass is 16.2. The van der Waals surface area contributed by atoms with Gasteiger partial charge in [-0.15, -0.1) is 0 Å². The highest BCUT2D eigenvalue weighted by molar-refractivity contribution is 5.97. The summed E-state index contributed by atoms with van der Waals surface area (Å²) in [4.78, 5) is 14.7. The van der Waals surface area contributed by atoms with Crippen LogP contribution in [0.3, 0.4) is 0 Å². The molecule has 1 amide bonds. The quantitative estimate of drug-likeness (QED) is 0.815. The number of nitrogens with two attached hydrogens (primary N) is 1. The molecule has 3 heteroatoms.